The van der Waals surface area contributed by atoms with Crippen molar-refractivity contribution in [3.8, 4) is 0 Å². The summed E-state index contributed by atoms with van der Waals surface area (Å²) in [4.78, 5) is 21.5. The van der Waals surface area contributed by atoms with Crippen molar-refractivity contribution >= 4 is 22.5 Å². The molecule has 5 heteroatoms. The predicted octanol–water partition coefficient (Wildman–Crippen LogP) is 2.13. The molecule has 0 radical (unpaired) electrons. The molecule has 0 aliphatic heterocycles. The van der Waals surface area contributed by atoms with E-state index in [0.29, 0.717) is 22.5 Å². The Morgan fingerprint density at radius 3 is 2.84 bits per heavy atom. The molecule has 0 aliphatic carbocycles. The van der Waals surface area contributed by atoms with E-state index in [4.69, 9.17) is 5.73 Å². The van der Waals surface area contributed by atoms with Crippen LogP contribution in [-0.4, -0.2) is 23.1 Å². The number of aromatic nitrogens is 2. The number of nitrogens with one attached hydrogen (secondary N) is 1. The van der Waals surface area contributed by atoms with Crippen LogP contribution in [0.25, 0.3) is 10.9 Å². The van der Waals surface area contributed by atoms with Gasteiger partial charge in [-0.15, -0.1) is 0 Å². The van der Waals surface area contributed by atoms with Crippen LogP contribution in [-0.2, 0) is 0 Å². The molecule has 0 aliphatic rings. The van der Waals surface area contributed by atoms with Crippen molar-refractivity contribution < 1.29 is 0 Å². The van der Waals surface area contributed by atoms with E-state index < -0.39 is 0 Å². The number of unbranched alkanes of at least 4 members (excludes halogenated alkanes) is 1. The highest BCUT2D eigenvalue weighted by Gasteiger charge is 2.09. The van der Waals surface area contributed by atoms with Gasteiger partial charge in [0, 0.05) is 18.8 Å². The van der Waals surface area contributed by atoms with E-state index in [9.17, 15) is 4.79 Å². The fraction of sp³-hybridized carbons (Fsp3) is 0.429. The lowest BCUT2D eigenvalue weighted by molar-refractivity contribution is 0.714. The normalized spacial score (nSPS) is 10.8. The van der Waals surface area contributed by atoms with Crippen LogP contribution in [0.3, 0.4) is 0 Å². The molecule has 102 valence electrons. The van der Waals surface area contributed by atoms with Crippen LogP contribution in [0, 0.1) is 0 Å². The quantitative estimate of drug-likeness (QED) is 0.808. The highest BCUT2D eigenvalue weighted by Crippen LogP contribution is 2.15. The van der Waals surface area contributed by atoms with Crippen LogP contribution < -0.4 is 16.2 Å². The number of nitrogens with two attached hydrogens (primary N) is 1. The first kappa shape index (κ1) is 13.4. The van der Waals surface area contributed by atoms with Crippen LogP contribution in [0.2, 0.25) is 0 Å². The molecule has 0 bridgehead atoms. The average molecular weight is 260 g/mol. The lowest BCUT2D eigenvalue weighted by atomic mass is 10.2. The molecular formula is C14H20N4O. The Morgan fingerprint density at radius 1 is 1.37 bits per heavy atom. The van der Waals surface area contributed by atoms with Crippen LogP contribution in [0.1, 0.15) is 26.7 Å². The molecule has 0 atom stereocenters. The Balaban J connectivity index is 2.44. The third-order valence-electron chi connectivity index (χ3n) is 3.18. The molecule has 0 spiro atoms. The number of nitrogen functional groups attached to an aromatic ring is 1. The van der Waals surface area contributed by atoms with Gasteiger partial charge in [-0.1, -0.05) is 13.3 Å². The van der Waals surface area contributed by atoms with Gasteiger partial charge in [0.1, 0.15) is 0 Å². The molecule has 0 unspecified atom stereocenters. The number of nitrogens with zero attached hydrogens (tertiary/aromatic N) is 2. The van der Waals surface area contributed by atoms with Crippen molar-refractivity contribution in [1.29, 1.82) is 0 Å². The standard InChI is InChI=1S/C14H20N4O/c1-3-5-8-18(4-2)14-16-12-7-6-10(15)9-11(12)13(19)17-14/h6-7,9H,3-5,8,15H2,1-2H3,(H,16,17,19). The van der Waals surface area contributed by atoms with Crippen molar-refractivity contribution in [3.63, 3.8) is 0 Å². The van der Waals surface area contributed by atoms with Gasteiger partial charge in [0.2, 0.25) is 5.95 Å². The summed E-state index contributed by atoms with van der Waals surface area (Å²) in [5.74, 6) is 0.637. The maximum Gasteiger partial charge on any atom is 0.260 e. The van der Waals surface area contributed by atoms with E-state index >= 15 is 0 Å². The van der Waals surface area contributed by atoms with Gasteiger partial charge >= 0.3 is 0 Å². The van der Waals surface area contributed by atoms with Crippen molar-refractivity contribution in [2.24, 2.45) is 0 Å². The van der Waals surface area contributed by atoms with Crippen molar-refractivity contribution in [2.45, 2.75) is 26.7 Å². The lowest BCUT2D eigenvalue weighted by Gasteiger charge is -2.21. The monoisotopic (exact) mass is 260 g/mol. The number of rotatable bonds is 5. The van der Waals surface area contributed by atoms with Crippen LogP contribution in [0.15, 0.2) is 23.0 Å². The number of hydrogen-bond donors (Lipinski definition) is 2. The van der Waals surface area contributed by atoms with Gasteiger partial charge in [-0.25, -0.2) is 4.98 Å². The number of benzene rings is 1. The summed E-state index contributed by atoms with van der Waals surface area (Å²) in [6.07, 6.45) is 2.20. The number of anilines is 2. The van der Waals surface area contributed by atoms with Crippen molar-refractivity contribution in [3.05, 3.63) is 28.6 Å². The summed E-state index contributed by atoms with van der Waals surface area (Å²) < 4.78 is 0. The Labute approximate surface area is 112 Å². The van der Waals surface area contributed by atoms with E-state index in [1.807, 2.05) is 0 Å². The minimum Gasteiger partial charge on any atom is -0.399 e. The molecule has 3 N–H and O–H groups in total. The molecular weight excluding hydrogens is 240 g/mol. The largest absolute Gasteiger partial charge is 0.399 e. The second-order valence-corrected chi connectivity index (χ2v) is 4.60. The zero-order valence-electron chi connectivity index (χ0n) is 11.4. The summed E-state index contributed by atoms with van der Waals surface area (Å²) >= 11 is 0. The van der Waals surface area contributed by atoms with Crippen molar-refractivity contribution in [1.82, 2.24) is 9.97 Å². The molecule has 1 aromatic carbocycles. The van der Waals surface area contributed by atoms with Crippen molar-refractivity contribution in [2.75, 3.05) is 23.7 Å². The summed E-state index contributed by atoms with van der Waals surface area (Å²) in [6, 6.07) is 5.21. The van der Waals surface area contributed by atoms with E-state index in [1.54, 1.807) is 18.2 Å². The van der Waals surface area contributed by atoms with Crippen LogP contribution in [0.4, 0.5) is 11.6 Å². The number of hydrogen-bond acceptors (Lipinski definition) is 4. The van der Waals surface area contributed by atoms with E-state index in [-0.39, 0.29) is 5.56 Å². The summed E-state index contributed by atoms with van der Waals surface area (Å²) in [6.45, 7) is 5.93. The minimum absolute atomic E-state index is 0.137. The van der Waals surface area contributed by atoms with E-state index in [0.717, 1.165) is 25.9 Å². The third kappa shape index (κ3) is 2.86. The predicted molar refractivity (Wildman–Crippen MR) is 79.6 cm³/mol. The molecule has 2 aromatic rings. The van der Waals surface area contributed by atoms with Gasteiger partial charge in [0.05, 0.1) is 10.9 Å². The SMILES string of the molecule is CCCCN(CC)c1nc2ccc(N)cc2c(=O)[nH]1. The molecule has 0 saturated carbocycles. The lowest BCUT2D eigenvalue weighted by Crippen LogP contribution is -2.28. The molecule has 0 amide bonds. The van der Waals surface area contributed by atoms with E-state index in [2.05, 4.69) is 28.7 Å². The molecule has 19 heavy (non-hydrogen) atoms. The molecule has 2 rings (SSSR count). The third-order valence-corrected chi connectivity index (χ3v) is 3.18. The minimum atomic E-state index is -0.137. The van der Waals surface area contributed by atoms with Crippen LogP contribution in [0.5, 0.6) is 0 Å². The topological polar surface area (TPSA) is 75.0 Å². The smallest absolute Gasteiger partial charge is 0.260 e. The first-order chi connectivity index (χ1) is 9.15. The Bertz CT molecular complexity index is 620. The maximum atomic E-state index is 12.1. The molecule has 5 nitrogen and oxygen atoms in total. The Hall–Kier alpha value is -2.04. The molecule has 1 heterocycles. The van der Waals surface area contributed by atoms with Gasteiger partial charge in [0.25, 0.3) is 5.56 Å². The fourth-order valence-electron chi connectivity index (χ4n) is 2.06. The zero-order chi connectivity index (χ0) is 13.8. The Kier molecular flexibility index (Phi) is 4.04. The van der Waals surface area contributed by atoms with E-state index in [1.165, 1.54) is 0 Å². The maximum absolute atomic E-state index is 12.1. The highest BCUT2D eigenvalue weighted by atomic mass is 16.1. The number of fused-ring (bicyclic) bond motifs is 1. The summed E-state index contributed by atoms with van der Waals surface area (Å²) in [5, 5.41) is 0.537. The van der Waals surface area contributed by atoms with Gasteiger partial charge in [0.15, 0.2) is 0 Å². The van der Waals surface area contributed by atoms with Gasteiger partial charge < -0.3 is 10.6 Å². The zero-order valence-corrected chi connectivity index (χ0v) is 11.4. The van der Waals surface area contributed by atoms with Gasteiger partial charge in [-0.2, -0.15) is 0 Å². The second kappa shape index (κ2) is 5.73. The van der Waals surface area contributed by atoms with Gasteiger partial charge in [-0.05, 0) is 31.5 Å². The average Bonchev–Trinajstić information content (AvgIpc) is 2.40. The van der Waals surface area contributed by atoms with Crippen LogP contribution >= 0.6 is 0 Å². The number of H-pyrrole nitrogens is 1. The van der Waals surface area contributed by atoms with Gasteiger partial charge in [-0.3, -0.25) is 9.78 Å². The highest BCUT2D eigenvalue weighted by molar-refractivity contribution is 5.81. The molecule has 0 fully saturated rings. The second-order valence-electron chi connectivity index (χ2n) is 4.60. The molecule has 1 aromatic heterocycles. The number of aromatic amines is 1. The molecule has 0 saturated heterocycles. The Morgan fingerprint density at radius 2 is 2.16 bits per heavy atom. The summed E-state index contributed by atoms with van der Waals surface area (Å²) in [5.41, 5.74) is 6.81. The summed E-state index contributed by atoms with van der Waals surface area (Å²) in [7, 11) is 0. The fourth-order valence-corrected chi connectivity index (χ4v) is 2.06. The first-order valence-corrected chi connectivity index (χ1v) is 6.70. The first-order valence-electron chi connectivity index (χ1n) is 6.70.